The molecule has 0 saturated carbocycles. The lowest BCUT2D eigenvalue weighted by Crippen LogP contribution is -2.09. The molecule has 0 radical (unpaired) electrons. The topological polar surface area (TPSA) is 75.3 Å². The third-order valence-corrected chi connectivity index (χ3v) is 2.61. The molecule has 2 aromatic carbocycles. The van der Waals surface area contributed by atoms with Gasteiger partial charge in [-0.25, -0.2) is 18.0 Å². The first kappa shape index (κ1) is 13.7. The number of halogens is 3. The van der Waals surface area contributed by atoms with Crippen molar-refractivity contribution >= 4 is 23.0 Å². The second kappa shape index (κ2) is 5.12. The molecule has 2 aromatic rings. The average Bonchev–Trinajstić information content (AvgIpc) is 2.36. The molecule has 0 bridgehead atoms. The van der Waals surface area contributed by atoms with Crippen LogP contribution in [0.25, 0.3) is 0 Å². The van der Waals surface area contributed by atoms with Gasteiger partial charge in [-0.2, -0.15) is 0 Å². The van der Waals surface area contributed by atoms with Gasteiger partial charge in [0.05, 0.1) is 17.1 Å². The molecule has 4 N–H and O–H groups in total. The lowest BCUT2D eigenvalue weighted by molar-refractivity contribution is 0.0698. The maximum absolute atomic E-state index is 13.5. The third-order valence-electron chi connectivity index (χ3n) is 2.61. The van der Waals surface area contributed by atoms with Gasteiger partial charge in [-0.3, -0.25) is 0 Å². The van der Waals surface area contributed by atoms with E-state index in [4.69, 9.17) is 10.8 Å². The minimum Gasteiger partial charge on any atom is -0.478 e. The molecule has 0 fully saturated rings. The molecule has 0 aliphatic carbocycles. The Morgan fingerprint density at radius 3 is 2.30 bits per heavy atom. The number of anilines is 3. The Kier molecular flexibility index (Phi) is 3.51. The van der Waals surface area contributed by atoms with Crippen LogP contribution in [0.3, 0.4) is 0 Å². The van der Waals surface area contributed by atoms with Crippen LogP contribution in [-0.2, 0) is 0 Å². The van der Waals surface area contributed by atoms with Crippen LogP contribution < -0.4 is 11.1 Å². The van der Waals surface area contributed by atoms with Gasteiger partial charge in [0.2, 0.25) is 0 Å². The SMILES string of the molecule is Nc1c(F)ccc(Nc2ccc(F)cc2F)c1C(=O)O. The van der Waals surface area contributed by atoms with E-state index < -0.39 is 34.7 Å². The zero-order valence-corrected chi connectivity index (χ0v) is 9.95. The van der Waals surface area contributed by atoms with Gasteiger partial charge in [0.25, 0.3) is 0 Å². The highest BCUT2D eigenvalue weighted by Crippen LogP contribution is 2.29. The van der Waals surface area contributed by atoms with E-state index in [2.05, 4.69) is 5.32 Å². The number of hydrogen-bond donors (Lipinski definition) is 3. The van der Waals surface area contributed by atoms with E-state index in [1.54, 1.807) is 0 Å². The molecule has 0 amide bonds. The van der Waals surface area contributed by atoms with Gasteiger partial charge >= 0.3 is 5.97 Å². The summed E-state index contributed by atoms with van der Waals surface area (Å²) in [5.74, 6) is -4.05. The molecule has 7 heteroatoms. The van der Waals surface area contributed by atoms with Crippen LogP contribution >= 0.6 is 0 Å². The standard InChI is InChI=1S/C13H9F3N2O2/c14-6-1-3-9(8(16)5-6)18-10-4-2-7(15)12(17)11(10)13(19)20/h1-5,18H,17H2,(H,19,20). The maximum Gasteiger partial charge on any atom is 0.340 e. The van der Waals surface area contributed by atoms with Gasteiger partial charge in [0, 0.05) is 6.07 Å². The number of nitrogens with two attached hydrogens (primary N) is 1. The summed E-state index contributed by atoms with van der Waals surface area (Å²) < 4.78 is 39.5. The lowest BCUT2D eigenvalue weighted by Gasteiger charge is -2.12. The van der Waals surface area contributed by atoms with Crippen molar-refractivity contribution in [1.29, 1.82) is 0 Å². The minimum atomic E-state index is -1.47. The number of hydrogen-bond acceptors (Lipinski definition) is 3. The molecule has 0 unspecified atom stereocenters. The van der Waals surface area contributed by atoms with Crippen molar-refractivity contribution in [1.82, 2.24) is 0 Å². The smallest absolute Gasteiger partial charge is 0.340 e. The predicted octanol–water partition coefficient (Wildman–Crippen LogP) is 3.13. The number of rotatable bonds is 3. The highest BCUT2D eigenvalue weighted by Gasteiger charge is 2.18. The van der Waals surface area contributed by atoms with Crippen molar-refractivity contribution in [2.75, 3.05) is 11.1 Å². The van der Waals surface area contributed by atoms with Crippen molar-refractivity contribution < 1.29 is 23.1 Å². The van der Waals surface area contributed by atoms with Gasteiger partial charge in [-0.1, -0.05) is 0 Å². The Morgan fingerprint density at radius 2 is 1.70 bits per heavy atom. The fraction of sp³-hybridized carbons (Fsp3) is 0. The summed E-state index contributed by atoms with van der Waals surface area (Å²) in [6.07, 6.45) is 0. The van der Waals surface area contributed by atoms with Crippen LogP contribution in [0.2, 0.25) is 0 Å². The normalized spacial score (nSPS) is 10.3. The number of carboxylic acid groups (broad SMARTS) is 1. The molecule has 0 spiro atoms. The molecule has 104 valence electrons. The summed E-state index contributed by atoms with van der Waals surface area (Å²) in [5.41, 5.74) is 4.02. The zero-order chi connectivity index (χ0) is 14.9. The zero-order valence-electron chi connectivity index (χ0n) is 9.95. The van der Waals surface area contributed by atoms with E-state index in [9.17, 15) is 18.0 Å². The van der Waals surface area contributed by atoms with E-state index >= 15 is 0 Å². The van der Waals surface area contributed by atoms with Crippen LogP contribution in [0.5, 0.6) is 0 Å². The first-order chi connectivity index (χ1) is 9.40. The van der Waals surface area contributed by atoms with Crippen LogP contribution in [0.4, 0.5) is 30.2 Å². The summed E-state index contributed by atoms with van der Waals surface area (Å²) in [6.45, 7) is 0. The number of carboxylic acids is 1. The van der Waals surface area contributed by atoms with Crippen molar-refractivity contribution in [3.05, 3.63) is 53.3 Å². The van der Waals surface area contributed by atoms with Crippen LogP contribution in [-0.4, -0.2) is 11.1 Å². The van der Waals surface area contributed by atoms with Gasteiger partial charge < -0.3 is 16.2 Å². The average molecular weight is 282 g/mol. The van der Waals surface area contributed by atoms with Crippen LogP contribution in [0.15, 0.2) is 30.3 Å². The highest BCUT2D eigenvalue weighted by atomic mass is 19.1. The molecule has 20 heavy (non-hydrogen) atoms. The van der Waals surface area contributed by atoms with Gasteiger partial charge in [-0.15, -0.1) is 0 Å². The van der Waals surface area contributed by atoms with Crippen molar-refractivity contribution in [2.45, 2.75) is 0 Å². The van der Waals surface area contributed by atoms with Crippen molar-refractivity contribution in [3.8, 4) is 0 Å². The minimum absolute atomic E-state index is 0.0955. The Labute approximate surface area is 111 Å². The molecule has 0 aliphatic heterocycles. The number of carbonyl (C=O) groups is 1. The Hall–Kier alpha value is -2.70. The summed E-state index contributed by atoms with van der Waals surface area (Å²) in [7, 11) is 0. The molecular formula is C13H9F3N2O2. The Balaban J connectivity index is 2.48. The number of nitrogens with one attached hydrogen (secondary N) is 1. The van der Waals surface area contributed by atoms with E-state index in [1.165, 1.54) is 0 Å². The van der Waals surface area contributed by atoms with E-state index in [0.717, 1.165) is 24.3 Å². The fourth-order valence-corrected chi connectivity index (χ4v) is 1.66. The molecule has 2 rings (SSSR count). The second-order valence-electron chi connectivity index (χ2n) is 3.94. The molecule has 0 atom stereocenters. The first-order valence-electron chi connectivity index (χ1n) is 5.43. The number of benzene rings is 2. The first-order valence-corrected chi connectivity index (χ1v) is 5.43. The second-order valence-corrected chi connectivity index (χ2v) is 3.94. The summed E-state index contributed by atoms with van der Waals surface area (Å²) >= 11 is 0. The number of aromatic carboxylic acids is 1. The largest absolute Gasteiger partial charge is 0.478 e. The van der Waals surface area contributed by atoms with Crippen molar-refractivity contribution in [2.24, 2.45) is 0 Å². The molecule has 0 aromatic heterocycles. The Morgan fingerprint density at radius 1 is 1.05 bits per heavy atom. The van der Waals surface area contributed by atoms with E-state index in [1.807, 2.05) is 0 Å². The van der Waals surface area contributed by atoms with E-state index in [-0.39, 0.29) is 11.4 Å². The summed E-state index contributed by atoms with van der Waals surface area (Å²) in [4.78, 5) is 11.1. The monoisotopic (exact) mass is 282 g/mol. The highest BCUT2D eigenvalue weighted by molar-refractivity contribution is 6.00. The maximum atomic E-state index is 13.5. The fourth-order valence-electron chi connectivity index (χ4n) is 1.66. The summed E-state index contributed by atoms with van der Waals surface area (Å²) in [6, 6.07) is 4.79. The molecule has 0 saturated heterocycles. The van der Waals surface area contributed by atoms with Crippen molar-refractivity contribution in [3.63, 3.8) is 0 Å². The van der Waals surface area contributed by atoms with Crippen LogP contribution in [0, 0.1) is 17.5 Å². The quantitative estimate of drug-likeness (QED) is 0.756. The lowest BCUT2D eigenvalue weighted by atomic mass is 10.1. The van der Waals surface area contributed by atoms with E-state index in [0.29, 0.717) is 6.07 Å². The van der Waals surface area contributed by atoms with Gasteiger partial charge in [-0.05, 0) is 24.3 Å². The van der Waals surface area contributed by atoms with Gasteiger partial charge in [0.1, 0.15) is 23.0 Å². The molecule has 0 aliphatic rings. The Bertz CT molecular complexity index is 690. The summed E-state index contributed by atoms with van der Waals surface area (Å²) in [5, 5.41) is 11.5. The molecular weight excluding hydrogens is 273 g/mol. The third kappa shape index (κ3) is 2.51. The van der Waals surface area contributed by atoms with Crippen LogP contribution in [0.1, 0.15) is 10.4 Å². The molecule has 4 nitrogen and oxygen atoms in total. The van der Waals surface area contributed by atoms with Gasteiger partial charge in [0.15, 0.2) is 0 Å². The molecule has 0 heterocycles. The number of nitrogen functional groups attached to an aromatic ring is 1. The predicted molar refractivity (Wildman–Crippen MR) is 67.4 cm³/mol.